The maximum Gasteiger partial charge on any atom is 1.00 e. The number of hydrogen-bond donors (Lipinski definition) is 1. The molecule has 1 N–H and O–H groups in total. The molecule has 3 rings (SSSR count). The van der Waals surface area contributed by atoms with Crippen molar-refractivity contribution in [1.82, 2.24) is 5.32 Å². The fraction of sp³-hybridized carbons (Fsp3) is 1.00. The van der Waals surface area contributed by atoms with E-state index in [0.29, 0.717) is 0 Å². The van der Waals surface area contributed by atoms with Crippen LogP contribution in [0.25, 0.3) is 5.32 Å². The monoisotopic (exact) mass is 186 g/mol. The minimum atomic E-state index is 0. The van der Waals surface area contributed by atoms with Crippen molar-refractivity contribution in [2.45, 2.75) is 44.2 Å². The summed E-state index contributed by atoms with van der Waals surface area (Å²) in [6.45, 7) is 2.49. The maximum atomic E-state index is 4.89. The number of hydrogen-bond acceptors (Lipinski definition) is 1. The van der Waals surface area contributed by atoms with E-state index < -0.39 is 0 Å². The standard InChI is InChI=1S/C11H19N2.Li/c1-2-10-6-9(1)11(13-10)5-8-3-4-12-7-8;/h8-12H,1-7H2;/q-1;+1. The molecule has 2 nitrogen and oxygen atoms in total. The van der Waals surface area contributed by atoms with Crippen molar-refractivity contribution < 1.29 is 18.9 Å². The van der Waals surface area contributed by atoms with Crippen molar-refractivity contribution in [3.8, 4) is 0 Å². The van der Waals surface area contributed by atoms with Crippen LogP contribution < -0.4 is 24.2 Å². The van der Waals surface area contributed by atoms with Crippen LogP contribution in [0.15, 0.2) is 0 Å². The second-order valence-electron chi connectivity index (χ2n) is 5.04. The van der Waals surface area contributed by atoms with Gasteiger partial charge in [-0.1, -0.05) is 31.6 Å². The maximum absolute atomic E-state index is 4.89. The topological polar surface area (TPSA) is 26.1 Å². The summed E-state index contributed by atoms with van der Waals surface area (Å²) in [5.74, 6) is 1.92. The molecular weight excluding hydrogens is 167 g/mol. The van der Waals surface area contributed by atoms with Crippen LogP contribution in [-0.2, 0) is 0 Å². The number of nitrogens with one attached hydrogen (secondary N) is 1. The van der Waals surface area contributed by atoms with Gasteiger partial charge < -0.3 is 10.6 Å². The third-order valence-corrected chi connectivity index (χ3v) is 4.13. The van der Waals surface area contributed by atoms with Crippen molar-refractivity contribution in [3.63, 3.8) is 0 Å². The summed E-state index contributed by atoms with van der Waals surface area (Å²) in [6.07, 6.45) is 7.06. The Morgan fingerprint density at radius 1 is 1.21 bits per heavy atom. The summed E-state index contributed by atoms with van der Waals surface area (Å²) in [5, 5.41) is 8.34. The molecule has 0 aromatic heterocycles. The third kappa shape index (κ3) is 2.04. The van der Waals surface area contributed by atoms with Crippen molar-refractivity contribution in [1.29, 1.82) is 0 Å². The second-order valence-corrected chi connectivity index (χ2v) is 5.04. The molecule has 3 aliphatic rings. The molecule has 0 amide bonds. The van der Waals surface area contributed by atoms with Crippen LogP contribution in [0.5, 0.6) is 0 Å². The van der Waals surface area contributed by atoms with Crippen molar-refractivity contribution in [3.05, 3.63) is 5.32 Å². The molecular formula is C11H19LiN2. The van der Waals surface area contributed by atoms with Gasteiger partial charge in [-0.05, 0) is 25.4 Å². The molecule has 0 radical (unpaired) electrons. The molecule has 0 aromatic carbocycles. The Morgan fingerprint density at radius 2 is 2.14 bits per heavy atom. The molecule has 4 unspecified atom stereocenters. The van der Waals surface area contributed by atoms with Gasteiger partial charge in [-0.25, -0.2) is 0 Å². The minimum Gasteiger partial charge on any atom is -0.657 e. The van der Waals surface area contributed by atoms with Gasteiger partial charge in [0, 0.05) is 0 Å². The molecule has 0 aromatic rings. The molecule has 2 bridgehead atoms. The smallest absolute Gasteiger partial charge is 0.657 e. The number of fused-ring (bicyclic) bond motifs is 2. The van der Waals surface area contributed by atoms with E-state index in [0.717, 1.165) is 23.9 Å². The van der Waals surface area contributed by atoms with Crippen LogP contribution in [0.2, 0.25) is 0 Å². The van der Waals surface area contributed by atoms with Gasteiger partial charge in [0.1, 0.15) is 0 Å². The van der Waals surface area contributed by atoms with Crippen molar-refractivity contribution in [2.24, 2.45) is 11.8 Å². The largest absolute Gasteiger partial charge is 1.00 e. The van der Waals surface area contributed by atoms with Gasteiger partial charge in [0.15, 0.2) is 0 Å². The summed E-state index contributed by atoms with van der Waals surface area (Å²) in [5.41, 5.74) is 0. The van der Waals surface area contributed by atoms with Crippen molar-refractivity contribution in [2.75, 3.05) is 13.1 Å². The zero-order valence-corrected chi connectivity index (χ0v) is 9.21. The van der Waals surface area contributed by atoms with E-state index in [2.05, 4.69) is 5.32 Å². The summed E-state index contributed by atoms with van der Waals surface area (Å²) >= 11 is 0. The summed E-state index contributed by atoms with van der Waals surface area (Å²) < 4.78 is 0. The zero-order chi connectivity index (χ0) is 8.67. The van der Waals surface area contributed by atoms with Crippen LogP contribution in [0, 0.1) is 11.8 Å². The van der Waals surface area contributed by atoms with Gasteiger partial charge in [-0.15, -0.1) is 12.1 Å². The Hall–Kier alpha value is 0.517. The fourth-order valence-electron chi connectivity index (χ4n) is 3.38. The fourth-order valence-corrected chi connectivity index (χ4v) is 3.38. The molecule has 3 fully saturated rings. The van der Waals surface area contributed by atoms with Crippen molar-refractivity contribution >= 4 is 0 Å². The van der Waals surface area contributed by atoms with E-state index in [1.165, 1.54) is 45.2 Å². The predicted octanol–water partition coefficient (Wildman–Crippen LogP) is -1.09. The first-order valence-corrected chi connectivity index (χ1v) is 5.82. The molecule has 14 heavy (non-hydrogen) atoms. The van der Waals surface area contributed by atoms with Crippen LogP contribution >= 0.6 is 0 Å². The second kappa shape index (κ2) is 4.57. The van der Waals surface area contributed by atoms with E-state index in [9.17, 15) is 0 Å². The Labute approximate surface area is 98.8 Å². The van der Waals surface area contributed by atoms with Crippen LogP contribution in [0.4, 0.5) is 0 Å². The van der Waals surface area contributed by atoms with Gasteiger partial charge in [0.25, 0.3) is 0 Å². The molecule has 74 valence electrons. The summed E-state index contributed by atoms with van der Waals surface area (Å²) in [6, 6.07) is 1.52. The Bertz CT molecular complexity index is 192. The average molecular weight is 186 g/mol. The van der Waals surface area contributed by atoms with E-state index in [-0.39, 0.29) is 18.9 Å². The van der Waals surface area contributed by atoms with E-state index in [1.807, 2.05) is 0 Å². The molecule has 1 aliphatic carbocycles. The molecule has 2 aliphatic heterocycles. The molecule has 0 spiro atoms. The molecule has 4 atom stereocenters. The van der Waals surface area contributed by atoms with E-state index in [1.54, 1.807) is 0 Å². The van der Waals surface area contributed by atoms with Gasteiger partial charge in [0.2, 0.25) is 0 Å². The first-order chi connectivity index (χ1) is 6.42. The number of nitrogens with zero attached hydrogens (tertiary/aromatic N) is 1. The predicted molar refractivity (Wildman–Crippen MR) is 53.9 cm³/mol. The molecule has 2 heterocycles. The van der Waals surface area contributed by atoms with Crippen LogP contribution in [-0.4, -0.2) is 25.2 Å². The number of rotatable bonds is 2. The quantitative estimate of drug-likeness (QED) is 0.545. The van der Waals surface area contributed by atoms with Crippen LogP contribution in [0.1, 0.15) is 32.1 Å². The van der Waals surface area contributed by atoms with E-state index in [4.69, 9.17) is 5.32 Å². The molecule has 3 heteroatoms. The summed E-state index contributed by atoms with van der Waals surface area (Å²) in [7, 11) is 0. The Balaban J connectivity index is 0.000000750. The Morgan fingerprint density at radius 3 is 2.71 bits per heavy atom. The van der Waals surface area contributed by atoms with E-state index >= 15 is 0 Å². The number of piperidine rings is 1. The minimum absolute atomic E-state index is 0. The first kappa shape index (κ1) is 11.0. The molecule has 2 saturated heterocycles. The van der Waals surface area contributed by atoms with Crippen LogP contribution in [0.3, 0.4) is 0 Å². The molecule has 1 saturated carbocycles. The van der Waals surface area contributed by atoms with Gasteiger partial charge in [0.05, 0.1) is 0 Å². The summed E-state index contributed by atoms with van der Waals surface area (Å²) in [4.78, 5) is 0. The Kier molecular flexibility index (Phi) is 3.60. The van der Waals surface area contributed by atoms with Gasteiger partial charge in [-0.3, -0.25) is 0 Å². The average Bonchev–Trinajstić information content (AvgIpc) is 2.77. The third-order valence-electron chi connectivity index (χ3n) is 4.13. The van der Waals surface area contributed by atoms with Gasteiger partial charge in [-0.2, -0.15) is 0 Å². The first-order valence-electron chi connectivity index (χ1n) is 5.82. The zero-order valence-electron chi connectivity index (χ0n) is 9.21. The SMILES string of the molecule is C1CC(CC2[N-]C3CCC2C3)CN1.[Li+]. The normalized spacial score (nSPS) is 45.4. The van der Waals surface area contributed by atoms with Gasteiger partial charge >= 0.3 is 18.9 Å².